The molecule has 0 unspecified atom stereocenters. The van der Waals surface area contributed by atoms with Crippen LogP contribution in [-0.2, 0) is 0 Å². The Morgan fingerprint density at radius 1 is 0.613 bits per heavy atom. The number of fused-ring (bicyclic) bond motifs is 14. The first-order chi connectivity index (χ1) is 15.4. The van der Waals surface area contributed by atoms with Crippen molar-refractivity contribution in [2.75, 3.05) is 0 Å². The van der Waals surface area contributed by atoms with Crippen molar-refractivity contribution in [1.29, 1.82) is 0 Å². The molecule has 144 valence electrons. The maximum atomic E-state index is 4.69. The van der Waals surface area contributed by atoms with Gasteiger partial charge in [-0.1, -0.05) is 36.4 Å². The first kappa shape index (κ1) is 16.2. The minimum atomic E-state index is 0.912. The van der Waals surface area contributed by atoms with Gasteiger partial charge in [0.1, 0.15) is 5.52 Å². The summed E-state index contributed by atoms with van der Waals surface area (Å²) in [6.45, 7) is 0. The molecule has 5 heterocycles. The molecule has 0 aliphatic rings. The summed E-state index contributed by atoms with van der Waals surface area (Å²) < 4.78 is 7.56. The molecule has 5 heteroatoms. The van der Waals surface area contributed by atoms with Gasteiger partial charge in [0.25, 0.3) is 0 Å². The normalized spacial score (nSPS) is 12.5. The predicted molar refractivity (Wildman–Crippen MR) is 134 cm³/mol. The Balaban J connectivity index is 1.67. The van der Waals surface area contributed by atoms with Crippen LogP contribution in [0.3, 0.4) is 0 Å². The average Bonchev–Trinajstić information content (AvgIpc) is 3.53. The van der Waals surface area contributed by atoms with E-state index in [2.05, 4.69) is 64.0 Å². The third-order valence-corrected chi connectivity index (χ3v) is 8.71. The van der Waals surface area contributed by atoms with Crippen molar-refractivity contribution < 1.29 is 0 Å². The van der Waals surface area contributed by atoms with Gasteiger partial charge in [0.15, 0.2) is 5.65 Å². The number of hydrogen-bond acceptors (Lipinski definition) is 4. The molecule has 0 amide bonds. The molecule has 0 saturated carbocycles. The lowest BCUT2D eigenvalue weighted by molar-refractivity contribution is 1.26. The Bertz CT molecular complexity index is 2010. The first-order valence-corrected chi connectivity index (χ1v) is 11.8. The van der Waals surface area contributed by atoms with Crippen LogP contribution in [0.5, 0.6) is 0 Å². The highest BCUT2D eigenvalue weighted by molar-refractivity contribution is 7.30. The molecule has 3 aromatic carbocycles. The highest BCUT2D eigenvalue weighted by atomic mass is 32.1. The number of rotatable bonds is 0. The molecule has 0 saturated heterocycles. The fraction of sp³-hybridized carbons (Fsp3) is 0. The number of imidazole rings is 1. The molecule has 0 aliphatic heterocycles. The Morgan fingerprint density at radius 2 is 1.45 bits per heavy atom. The molecule has 0 N–H and O–H groups in total. The van der Waals surface area contributed by atoms with Crippen molar-refractivity contribution >= 4 is 90.5 Å². The zero-order valence-corrected chi connectivity index (χ0v) is 17.8. The van der Waals surface area contributed by atoms with E-state index in [9.17, 15) is 0 Å². The summed E-state index contributed by atoms with van der Waals surface area (Å²) in [4.78, 5) is 9.29. The molecule has 5 aromatic heterocycles. The van der Waals surface area contributed by atoms with Gasteiger partial charge < -0.3 is 0 Å². The van der Waals surface area contributed by atoms with Crippen LogP contribution in [0, 0.1) is 0 Å². The topological polar surface area (TPSA) is 30.2 Å². The summed E-state index contributed by atoms with van der Waals surface area (Å²) in [5.74, 6) is 0. The molecule has 0 bridgehead atoms. The van der Waals surface area contributed by atoms with E-state index < -0.39 is 0 Å². The predicted octanol–water partition coefficient (Wildman–Crippen LogP) is 7.77. The summed E-state index contributed by atoms with van der Waals surface area (Å²) in [5.41, 5.74) is 3.05. The van der Waals surface area contributed by atoms with Crippen LogP contribution in [0.2, 0.25) is 0 Å². The average molecular weight is 432 g/mol. The summed E-state index contributed by atoms with van der Waals surface area (Å²) in [6, 6.07) is 22.1. The van der Waals surface area contributed by atoms with Crippen LogP contribution in [-0.4, -0.2) is 14.4 Å². The van der Waals surface area contributed by atoms with Crippen LogP contribution < -0.4 is 0 Å². The van der Waals surface area contributed by atoms with Gasteiger partial charge in [0.2, 0.25) is 0 Å². The van der Waals surface area contributed by atoms with Crippen molar-refractivity contribution in [3.63, 3.8) is 0 Å². The first-order valence-electron chi connectivity index (χ1n) is 10.2. The van der Waals surface area contributed by atoms with E-state index in [1.807, 2.05) is 47.3 Å². The molecule has 31 heavy (non-hydrogen) atoms. The number of pyridine rings is 2. The van der Waals surface area contributed by atoms with E-state index in [1.165, 1.54) is 56.6 Å². The van der Waals surface area contributed by atoms with Gasteiger partial charge in [-0.2, -0.15) is 0 Å². The lowest BCUT2D eigenvalue weighted by Gasteiger charge is -2.08. The second-order valence-electron chi connectivity index (χ2n) is 7.87. The zero-order chi connectivity index (χ0) is 20.1. The number of benzene rings is 3. The van der Waals surface area contributed by atoms with Crippen LogP contribution in [0.15, 0.2) is 79.3 Å². The number of aromatic nitrogens is 3. The third kappa shape index (κ3) is 1.93. The minimum absolute atomic E-state index is 0.912. The summed E-state index contributed by atoms with van der Waals surface area (Å²) in [6.07, 6.45) is 5.75. The second-order valence-corrected chi connectivity index (χ2v) is 9.98. The smallest absolute Gasteiger partial charge is 0.163 e. The summed E-state index contributed by atoms with van der Waals surface area (Å²) in [5, 5.41) is 7.84. The Kier molecular flexibility index (Phi) is 2.91. The lowest BCUT2D eigenvalue weighted by atomic mass is 10.0. The molecule has 0 aliphatic carbocycles. The fourth-order valence-corrected chi connectivity index (χ4v) is 7.61. The van der Waals surface area contributed by atoms with E-state index in [4.69, 9.17) is 4.98 Å². The second kappa shape index (κ2) is 5.58. The largest absolute Gasteiger partial charge is 0.298 e. The molecule has 0 fully saturated rings. The molecule has 0 radical (unpaired) electrons. The Labute approximate surface area is 183 Å². The van der Waals surface area contributed by atoms with Gasteiger partial charge >= 0.3 is 0 Å². The molecule has 8 rings (SSSR count). The molecular formula is C26H13N3S2. The van der Waals surface area contributed by atoms with Gasteiger partial charge in [0.05, 0.1) is 5.52 Å². The highest BCUT2D eigenvalue weighted by Crippen LogP contribution is 2.47. The maximum Gasteiger partial charge on any atom is 0.163 e. The van der Waals surface area contributed by atoms with Crippen molar-refractivity contribution in [3.05, 3.63) is 79.3 Å². The molecule has 0 atom stereocenters. The maximum absolute atomic E-state index is 4.69. The van der Waals surface area contributed by atoms with Gasteiger partial charge in [-0.3, -0.25) is 9.38 Å². The van der Waals surface area contributed by atoms with Crippen molar-refractivity contribution in [1.82, 2.24) is 14.4 Å². The van der Waals surface area contributed by atoms with E-state index in [0.717, 1.165) is 11.2 Å². The quantitative estimate of drug-likeness (QED) is 0.230. The third-order valence-electron chi connectivity index (χ3n) is 6.31. The van der Waals surface area contributed by atoms with Crippen molar-refractivity contribution in [3.8, 4) is 0 Å². The standard InChI is InChI=1S/C26H13N3S2/c1-2-6-19-14(4-1)15-8-10-20-22(24(15)30-19)17-7-9-18-21(25(17)31-20)16-5-3-11-27-23(16)26-28-12-13-29(18)26/h1-13H. The monoisotopic (exact) mass is 431 g/mol. The van der Waals surface area contributed by atoms with E-state index >= 15 is 0 Å². The number of thiophene rings is 2. The van der Waals surface area contributed by atoms with Crippen LogP contribution >= 0.6 is 22.7 Å². The van der Waals surface area contributed by atoms with Gasteiger partial charge in [-0.15, -0.1) is 22.7 Å². The van der Waals surface area contributed by atoms with Gasteiger partial charge in [-0.05, 0) is 24.3 Å². The fourth-order valence-electron chi connectivity index (χ4n) is 5.02. The van der Waals surface area contributed by atoms with E-state index in [-0.39, 0.29) is 0 Å². The lowest BCUT2D eigenvalue weighted by Crippen LogP contribution is -1.92. The van der Waals surface area contributed by atoms with Gasteiger partial charge in [0, 0.05) is 69.7 Å². The SMILES string of the molecule is c1ccc2c(c1)sc1c2ccc2sc3c(ccc4c3c3cccnc3c3nccn43)c21. The summed E-state index contributed by atoms with van der Waals surface area (Å²) in [7, 11) is 0. The van der Waals surface area contributed by atoms with Crippen molar-refractivity contribution in [2.45, 2.75) is 0 Å². The Hall–Kier alpha value is -3.54. The Morgan fingerprint density at radius 3 is 2.45 bits per heavy atom. The highest BCUT2D eigenvalue weighted by Gasteiger charge is 2.18. The zero-order valence-electron chi connectivity index (χ0n) is 16.2. The van der Waals surface area contributed by atoms with Crippen LogP contribution in [0.4, 0.5) is 0 Å². The van der Waals surface area contributed by atoms with Crippen LogP contribution in [0.1, 0.15) is 0 Å². The molecule has 8 aromatic rings. The summed E-state index contributed by atoms with van der Waals surface area (Å²) >= 11 is 3.79. The minimum Gasteiger partial charge on any atom is -0.298 e. The van der Waals surface area contributed by atoms with E-state index in [1.54, 1.807) is 0 Å². The van der Waals surface area contributed by atoms with Crippen molar-refractivity contribution in [2.24, 2.45) is 0 Å². The van der Waals surface area contributed by atoms with Crippen LogP contribution in [0.25, 0.3) is 67.8 Å². The van der Waals surface area contributed by atoms with Gasteiger partial charge in [-0.25, -0.2) is 4.98 Å². The molecule has 0 spiro atoms. The molecular weight excluding hydrogens is 418 g/mol. The number of hydrogen-bond donors (Lipinski definition) is 0. The molecule has 3 nitrogen and oxygen atoms in total. The number of nitrogens with zero attached hydrogens (tertiary/aromatic N) is 3. The van der Waals surface area contributed by atoms with E-state index in [0.29, 0.717) is 0 Å².